The molecule has 0 atom stereocenters. The number of hydrogen-bond acceptors (Lipinski definition) is 3. The van der Waals surface area contributed by atoms with Crippen molar-refractivity contribution < 1.29 is 13.0 Å². The molecule has 0 saturated heterocycles. The van der Waals surface area contributed by atoms with Crippen LogP contribution in [-0.2, 0) is 16.5 Å². The summed E-state index contributed by atoms with van der Waals surface area (Å²) >= 11 is 1.29. The van der Waals surface area contributed by atoms with E-state index < -0.39 is 10.1 Å². The molecule has 2 rings (SSSR count). The first-order valence-corrected chi connectivity index (χ1v) is 8.60. The van der Waals surface area contributed by atoms with Gasteiger partial charge in [0.05, 0.1) is 15.7 Å². The zero-order chi connectivity index (χ0) is 13.9. The second-order valence-electron chi connectivity index (χ2n) is 4.60. The predicted molar refractivity (Wildman–Crippen MR) is 77.2 cm³/mol. The molecule has 1 aromatic carbocycles. The van der Waals surface area contributed by atoms with Gasteiger partial charge >= 0.3 is 0 Å². The van der Waals surface area contributed by atoms with Crippen LogP contribution in [0.2, 0.25) is 0 Å². The molecule has 1 N–H and O–H groups in total. The van der Waals surface area contributed by atoms with Crippen molar-refractivity contribution in [2.75, 3.05) is 0 Å². The summed E-state index contributed by atoms with van der Waals surface area (Å²) in [4.78, 5) is 0.0135. The Balaban J connectivity index is 2.33. The fraction of sp³-hybridized carbons (Fsp3) is 0.429. The highest BCUT2D eigenvalue weighted by Crippen LogP contribution is 2.27. The summed E-state index contributed by atoms with van der Waals surface area (Å²) in [6, 6.07) is 3.30. The summed E-state index contributed by atoms with van der Waals surface area (Å²) in [6.07, 6.45) is 4.93. The highest BCUT2D eigenvalue weighted by Gasteiger charge is 2.16. The number of aryl methyl sites for hydroxylation is 1. The van der Waals surface area contributed by atoms with Gasteiger partial charge in [-0.25, -0.2) is 0 Å². The van der Waals surface area contributed by atoms with Crippen molar-refractivity contribution in [1.29, 1.82) is 0 Å². The summed E-state index contributed by atoms with van der Waals surface area (Å²) < 4.78 is 32.2. The lowest BCUT2D eigenvalue weighted by Crippen LogP contribution is -2.03. The largest absolute Gasteiger partial charge is 0.294 e. The summed E-state index contributed by atoms with van der Waals surface area (Å²) in [5, 5.41) is 7.55. The van der Waals surface area contributed by atoms with E-state index in [1.807, 2.05) is 0 Å². The van der Waals surface area contributed by atoms with Crippen LogP contribution in [0.1, 0.15) is 38.2 Å². The van der Waals surface area contributed by atoms with E-state index >= 15 is 0 Å². The molecule has 0 saturated carbocycles. The van der Waals surface area contributed by atoms with Gasteiger partial charge in [0.1, 0.15) is 0 Å². The van der Waals surface area contributed by atoms with E-state index in [9.17, 15) is 13.0 Å². The van der Waals surface area contributed by atoms with Crippen molar-refractivity contribution in [2.24, 2.45) is 0 Å². The minimum Gasteiger partial charge on any atom is -0.282 e. The monoisotopic (exact) mass is 296 g/mol. The lowest BCUT2D eigenvalue weighted by atomic mass is 10.0. The van der Waals surface area contributed by atoms with Crippen LogP contribution in [0, 0.1) is 10.8 Å². The molecule has 1 heterocycles. The molecule has 0 aliphatic heterocycles. The van der Waals surface area contributed by atoms with Crippen molar-refractivity contribution in [3.63, 3.8) is 0 Å². The maximum atomic E-state index is 11.4. The van der Waals surface area contributed by atoms with Crippen LogP contribution < -0.4 is 0 Å². The van der Waals surface area contributed by atoms with E-state index in [4.69, 9.17) is 0 Å². The van der Waals surface area contributed by atoms with Gasteiger partial charge in [0.2, 0.25) is 0 Å². The smallest absolute Gasteiger partial charge is 0.282 e. The Labute approximate surface area is 118 Å². The zero-order valence-corrected chi connectivity index (χ0v) is 12.4. The molecule has 0 aliphatic rings. The highest BCUT2D eigenvalue weighted by atomic mass is 32.2. The van der Waals surface area contributed by atoms with E-state index in [0.717, 1.165) is 31.1 Å². The van der Waals surface area contributed by atoms with Crippen molar-refractivity contribution >= 4 is 32.2 Å². The molecule has 5 heteroatoms. The Morgan fingerprint density at radius 2 is 1.84 bits per heavy atom. The van der Waals surface area contributed by atoms with Crippen molar-refractivity contribution in [3.8, 4) is 0 Å². The molecule has 1 aromatic heterocycles. The third-order valence-corrected chi connectivity index (χ3v) is 4.68. The second-order valence-corrected chi connectivity index (χ2v) is 6.60. The van der Waals surface area contributed by atoms with Gasteiger partial charge in [-0.2, -0.15) is 8.42 Å². The maximum Gasteiger partial charge on any atom is 0.294 e. The lowest BCUT2D eigenvalue weighted by Gasteiger charge is -2.07. The third kappa shape index (κ3) is 3.55. The van der Waals surface area contributed by atoms with Crippen molar-refractivity contribution in [2.45, 2.75) is 43.9 Å². The molecule has 19 heavy (non-hydrogen) atoms. The van der Waals surface area contributed by atoms with Crippen LogP contribution in [0.5, 0.6) is 0 Å². The zero-order valence-electron chi connectivity index (χ0n) is 10.8. The van der Waals surface area contributed by atoms with Gasteiger partial charge in [0, 0.05) is 10.8 Å². The van der Waals surface area contributed by atoms with Crippen LogP contribution in [-0.4, -0.2) is 13.0 Å². The second kappa shape index (κ2) is 6.03. The summed E-state index contributed by atoms with van der Waals surface area (Å²) in [5.41, 5.74) is 0.675. The lowest BCUT2D eigenvalue weighted by molar-refractivity contribution is 0.482. The number of unbranched alkanes of at least 4 members (excludes halogenated alkanes) is 3. The minimum absolute atomic E-state index is 0.0135. The molecule has 0 spiro atoms. The Bertz CT molecular complexity index is 656. The molecular weight excluding hydrogens is 280 g/mol. The van der Waals surface area contributed by atoms with Gasteiger partial charge in [0.15, 0.2) is 0 Å². The van der Waals surface area contributed by atoms with Crippen LogP contribution in [0.3, 0.4) is 0 Å². The first-order valence-electron chi connectivity index (χ1n) is 6.34. The number of benzene rings is 1. The van der Waals surface area contributed by atoms with Crippen LogP contribution in [0.4, 0.5) is 0 Å². The molecule has 0 aliphatic carbocycles. The Kier molecular flexibility index (Phi) is 4.60. The fourth-order valence-corrected chi connectivity index (χ4v) is 3.47. The van der Waals surface area contributed by atoms with Gasteiger partial charge in [0.25, 0.3) is 10.1 Å². The summed E-state index contributed by atoms with van der Waals surface area (Å²) in [5.74, 6) is 0. The van der Waals surface area contributed by atoms with E-state index in [1.54, 1.807) is 6.07 Å². The standard InChI is InChI=1S/C14H16O3S2/c1-2-3-4-5-6-11-7-12-9-18-10-13(12)8-14(11)19(15,16)17/h7-8H,2-6H2,1H3,(H,15,16,17). The van der Waals surface area contributed by atoms with Crippen LogP contribution in [0.15, 0.2) is 17.0 Å². The van der Waals surface area contributed by atoms with Gasteiger partial charge in [-0.05, 0) is 30.5 Å². The van der Waals surface area contributed by atoms with E-state index in [2.05, 4.69) is 17.7 Å². The van der Waals surface area contributed by atoms with E-state index in [0.29, 0.717) is 17.4 Å². The van der Waals surface area contributed by atoms with Crippen molar-refractivity contribution in [3.05, 3.63) is 28.5 Å². The van der Waals surface area contributed by atoms with E-state index in [-0.39, 0.29) is 4.90 Å². The first kappa shape index (κ1) is 14.5. The van der Waals surface area contributed by atoms with Crippen molar-refractivity contribution in [1.82, 2.24) is 0 Å². The van der Waals surface area contributed by atoms with Gasteiger partial charge in [-0.15, -0.1) is 11.3 Å². The first-order chi connectivity index (χ1) is 9.02. The molecule has 102 valence electrons. The maximum absolute atomic E-state index is 11.4. The normalized spacial score (nSPS) is 12.1. The molecule has 2 aromatic rings. The fourth-order valence-electron chi connectivity index (χ4n) is 2.11. The molecule has 0 fully saturated rings. The average Bonchev–Trinajstić information content (AvgIpc) is 2.79. The quantitative estimate of drug-likeness (QED) is 0.650. The predicted octanol–water partition coefficient (Wildman–Crippen LogP) is 3.87. The van der Waals surface area contributed by atoms with Gasteiger partial charge in [-0.3, -0.25) is 4.55 Å². The SMILES string of the molecule is CCCCCCc1cc2[c]s[c]c2cc1S(=O)(=O)O. The van der Waals surface area contributed by atoms with E-state index in [1.165, 1.54) is 17.4 Å². The third-order valence-electron chi connectivity index (χ3n) is 3.10. The number of hydrogen-bond donors (Lipinski definition) is 1. The Morgan fingerprint density at radius 3 is 2.47 bits per heavy atom. The number of thiophene rings is 1. The topological polar surface area (TPSA) is 54.4 Å². The van der Waals surface area contributed by atoms with Crippen LogP contribution in [0.25, 0.3) is 10.8 Å². The highest BCUT2D eigenvalue weighted by molar-refractivity contribution is 7.85. The van der Waals surface area contributed by atoms with Gasteiger partial charge < -0.3 is 0 Å². The minimum atomic E-state index is -4.17. The number of rotatable bonds is 6. The molecular formula is C14H16O3S2. The summed E-state index contributed by atoms with van der Waals surface area (Å²) in [7, 11) is -4.17. The molecule has 0 bridgehead atoms. The molecule has 2 radical (unpaired) electrons. The average molecular weight is 296 g/mol. The van der Waals surface area contributed by atoms with Gasteiger partial charge in [-0.1, -0.05) is 26.2 Å². The van der Waals surface area contributed by atoms with Crippen LogP contribution >= 0.6 is 11.3 Å². The Hall–Kier alpha value is -0.910. The molecule has 3 nitrogen and oxygen atoms in total. The molecule has 0 amide bonds. The Morgan fingerprint density at radius 1 is 1.16 bits per heavy atom. The summed E-state index contributed by atoms with van der Waals surface area (Å²) in [6.45, 7) is 2.13. The number of fused-ring (bicyclic) bond motifs is 1. The molecule has 0 unspecified atom stereocenters.